The van der Waals surface area contributed by atoms with E-state index in [2.05, 4.69) is 15.3 Å². The van der Waals surface area contributed by atoms with Crippen LogP contribution in [0.4, 0.5) is 0 Å². The molecular weight excluding hydrogens is 386 g/mol. The number of hydrogen-bond donors (Lipinski definition) is 1. The van der Waals surface area contributed by atoms with E-state index in [0.29, 0.717) is 28.1 Å². The Balaban J connectivity index is 1.46. The van der Waals surface area contributed by atoms with E-state index >= 15 is 0 Å². The standard InChI is InChI=1S/C22H23N3O5/c1-14-15(2)25-18-12-16(8-9-17(18)24-14)22(27)30-13-21(26)23-10-11-29-20-7-5-4-6-19(20)28-3/h4-9,12H,10-11,13H2,1-3H3,(H,23,26). The van der Waals surface area contributed by atoms with Gasteiger partial charge in [-0.05, 0) is 44.2 Å². The van der Waals surface area contributed by atoms with Crippen LogP contribution in [0.15, 0.2) is 42.5 Å². The molecule has 0 aliphatic rings. The van der Waals surface area contributed by atoms with Gasteiger partial charge in [0, 0.05) is 0 Å². The van der Waals surface area contributed by atoms with Crippen molar-refractivity contribution in [2.24, 2.45) is 0 Å². The molecule has 1 N–H and O–H groups in total. The number of para-hydroxylation sites is 2. The SMILES string of the molecule is COc1ccccc1OCCNC(=O)COC(=O)c1ccc2nc(C)c(C)nc2c1. The molecule has 156 valence electrons. The molecule has 0 saturated heterocycles. The van der Waals surface area contributed by atoms with Crippen LogP contribution in [0.5, 0.6) is 11.5 Å². The molecule has 8 heteroatoms. The van der Waals surface area contributed by atoms with Crippen molar-refractivity contribution in [3.05, 3.63) is 59.4 Å². The van der Waals surface area contributed by atoms with Crippen LogP contribution in [-0.2, 0) is 9.53 Å². The predicted molar refractivity (Wildman–Crippen MR) is 111 cm³/mol. The first kappa shape index (κ1) is 21.0. The number of ether oxygens (including phenoxy) is 3. The van der Waals surface area contributed by atoms with Crippen LogP contribution in [0.1, 0.15) is 21.7 Å². The number of esters is 1. The van der Waals surface area contributed by atoms with Crippen molar-refractivity contribution in [3.63, 3.8) is 0 Å². The van der Waals surface area contributed by atoms with E-state index in [1.165, 1.54) is 0 Å². The molecule has 2 aromatic carbocycles. The van der Waals surface area contributed by atoms with E-state index in [-0.39, 0.29) is 19.8 Å². The summed E-state index contributed by atoms with van der Waals surface area (Å²) in [6, 6.07) is 12.2. The molecule has 1 aromatic heterocycles. The molecule has 0 radical (unpaired) electrons. The lowest BCUT2D eigenvalue weighted by atomic mass is 10.2. The van der Waals surface area contributed by atoms with Crippen LogP contribution in [0.3, 0.4) is 0 Å². The van der Waals surface area contributed by atoms with Crippen LogP contribution in [0, 0.1) is 13.8 Å². The number of rotatable bonds is 8. The van der Waals surface area contributed by atoms with Gasteiger partial charge < -0.3 is 19.5 Å². The third kappa shape index (κ3) is 5.22. The normalized spacial score (nSPS) is 10.5. The first-order chi connectivity index (χ1) is 14.5. The number of carbonyl (C=O) groups is 2. The second kappa shape index (κ2) is 9.69. The zero-order chi connectivity index (χ0) is 21.5. The van der Waals surface area contributed by atoms with E-state index in [9.17, 15) is 9.59 Å². The van der Waals surface area contributed by atoms with Crippen molar-refractivity contribution in [2.45, 2.75) is 13.8 Å². The summed E-state index contributed by atoms with van der Waals surface area (Å²) in [4.78, 5) is 33.0. The summed E-state index contributed by atoms with van der Waals surface area (Å²) in [5.41, 5.74) is 3.24. The second-order valence-electron chi connectivity index (χ2n) is 6.52. The number of nitrogens with zero attached hydrogens (tertiary/aromatic N) is 2. The number of amides is 1. The molecular formula is C22H23N3O5. The van der Waals surface area contributed by atoms with E-state index in [4.69, 9.17) is 14.2 Å². The number of benzene rings is 2. The highest BCUT2D eigenvalue weighted by molar-refractivity contribution is 5.94. The Kier molecular flexibility index (Phi) is 6.79. The van der Waals surface area contributed by atoms with Gasteiger partial charge in [0.25, 0.3) is 5.91 Å². The maximum atomic E-state index is 12.2. The summed E-state index contributed by atoms with van der Waals surface area (Å²) in [7, 11) is 1.56. The van der Waals surface area contributed by atoms with Crippen molar-refractivity contribution in [1.82, 2.24) is 15.3 Å². The molecule has 1 heterocycles. The third-order valence-electron chi connectivity index (χ3n) is 4.40. The number of methoxy groups -OCH3 is 1. The maximum absolute atomic E-state index is 12.2. The fraction of sp³-hybridized carbons (Fsp3) is 0.273. The number of fused-ring (bicyclic) bond motifs is 1. The van der Waals surface area contributed by atoms with Crippen LogP contribution in [-0.4, -0.2) is 48.7 Å². The van der Waals surface area contributed by atoms with Crippen molar-refractivity contribution in [3.8, 4) is 11.5 Å². The molecule has 0 atom stereocenters. The fourth-order valence-corrected chi connectivity index (χ4v) is 2.71. The van der Waals surface area contributed by atoms with Crippen LogP contribution in [0.2, 0.25) is 0 Å². The van der Waals surface area contributed by atoms with Gasteiger partial charge in [-0.25, -0.2) is 14.8 Å². The zero-order valence-electron chi connectivity index (χ0n) is 17.1. The Bertz CT molecular complexity index is 1070. The van der Waals surface area contributed by atoms with Gasteiger partial charge in [-0.1, -0.05) is 12.1 Å². The molecule has 0 bridgehead atoms. The Morgan fingerprint density at radius 1 is 0.967 bits per heavy atom. The van der Waals surface area contributed by atoms with Crippen molar-refractivity contribution in [2.75, 3.05) is 26.9 Å². The molecule has 30 heavy (non-hydrogen) atoms. The number of hydrogen-bond acceptors (Lipinski definition) is 7. The second-order valence-corrected chi connectivity index (χ2v) is 6.52. The summed E-state index contributed by atoms with van der Waals surface area (Å²) in [5, 5.41) is 2.64. The minimum Gasteiger partial charge on any atom is -0.493 e. The Labute approximate surface area is 174 Å². The van der Waals surface area contributed by atoms with Gasteiger partial charge in [-0.15, -0.1) is 0 Å². The molecule has 8 nitrogen and oxygen atoms in total. The molecule has 0 aliphatic carbocycles. The molecule has 0 spiro atoms. The Morgan fingerprint density at radius 2 is 1.67 bits per heavy atom. The Morgan fingerprint density at radius 3 is 2.40 bits per heavy atom. The number of carbonyl (C=O) groups excluding carboxylic acids is 2. The topological polar surface area (TPSA) is 99.6 Å². The molecule has 0 aliphatic heterocycles. The van der Waals surface area contributed by atoms with Gasteiger partial charge >= 0.3 is 5.97 Å². The first-order valence-corrected chi connectivity index (χ1v) is 9.42. The smallest absolute Gasteiger partial charge is 0.338 e. The van der Waals surface area contributed by atoms with Gasteiger partial charge in [0.15, 0.2) is 18.1 Å². The molecule has 0 unspecified atom stereocenters. The van der Waals surface area contributed by atoms with Crippen molar-refractivity contribution < 1.29 is 23.8 Å². The molecule has 0 fully saturated rings. The average molecular weight is 409 g/mol. The minimum atomic E-state index is -0.600. The number of aromatic nitrogens is 2. The highest BCUT2D eigenvalue weighted by Gasteiger charge is 2.12. The van der Waals surface area contributed by atoms with Gasteiger partial charge in [-0.2, -0.15) is 0 Å². The summed E-state index contributed by atoms with van der Waals surface area (Å²) < 4.78 is 15.8. The summed E-state index contributed by atoms with van der Waals surface area (Å²) in [6.45, 7) is 3.86. The number of nitrogens with one attached hydrogen (secondary N) is 1. The Hall–Kier alpha value is -3.68. The minimum absolute atomic E-state index is 0.252. The molecule has 0 saturated carbocycles. The van der Waals surface area contributed by atoms with Gasteiger partial charge in [0.05, 0.1) is 41.6 Å². The highest BCUT2D eigenvalue weighted by Crippen LogP contribution is 2.25. The van der Waals surface area contributed by atoms with Crippen molar-refractivity contribution in [1.29, 1.82) is 0 Å². The van der Waals surface area contributed by atoms with Gasteiger partial charge in [0.1, 0.15) is 6.61 Å². The van der Waals surface area contributed by atoms with E-state index < -0.39 is 11.9 Å². The fourth-order valence-electron chi connectivity index (χ4n) is 2.71. The highest BCUT2D eigenvalue weighted by atomic mass is 16.5. The van der Waals surface area contributed by atoms with Crippen LogP contribution < -0.4 is 14.8 Å². The largest absolute Gasteiger partial charge is 0.493 e. The summed E-state index contributed by atoms with van der Waals surface area (Å²) in [6.07, 6.45) is 0. The maximum Gasteiger partial charge on any atom is 0.338 e. The van der Waals surface area contributed by atoms with E-state index in [0.717, 1.165) is 11.4 Å². The molecule has 3 aromatic rings. The van der Waals surface area contributed by atoms with Crippen LogP contribution in [0.25, 0.3) is 11.0 Å². The third-order valence-corrected chi connectivity index (χ3v) is 4.40. The number of aryl methyl sites for hydroxylation is 2. The van der Waals surface area contributed by atoms with E-state index in [1.54, 1.807) is 37.4 Å². The lowest BCUT2D eigenvalue weighted by Gasteiger charge is -2.11. The lowest BCUT2D eigenvalue weighted by Crippen LogP contribution is -2.32. The summed E-state index contributed by atoms with van der Waals surface area (Å²) >= 11 is 0. The van der Waals surface area contributed by atoms with Gasteiger partial charge in [0.2, 0.25) is 0 Å². The van der Waals surface area contributed by atoms with E-state index in [1.807, 2.05) is 26.0 Å². The lowest BCUT2D eigenvalue weighted by molar-refractivity contribution is -0.124. The molecule has 3 rings (SSSR count). The van der Waals surface area contributed by atoms with Gasteiger partial charge in [-0.3, -0.25) is 4.79 Å². The predicted octanol–water partition coefficient (Wildman–Crippen LogP) is 2.61. The first-order valence-electron chi connectivity index (χ1n) is 9.42. The monoisotopic (exact) mass is 409 g/mol. The average Bonchev–Trinajstić information content (AvgIpc) is 2.75. The zero-order valence-corrected chi connectivity index (χ0v) is 17.1. The quantitative estimate of drug-likeness (QED) is 0.451. The molecule has 1 amide bonds. The summed E-state index contributed by atoms with van der Waals surface area (Å²) in [5.74, 6) is 0.185. The van der Waals surface area contributed by atoms with Crippen molar-refractivity contribution >= 4 is 22.9 Å². The van der Waals surface area contributed by atoms with Crippen LogP contribution >= 0.6 is 0 Å².